The van der Waals surface area contributed by atoms with Crippen LogP contribution in [0.15, 0.2) is 18.2 Å². The Morgan fingerprint density at radius 1 is 1.45 bits per heavy atom. The van der Waals surface area contributed by atoms with Gasteiger partial charge in [0, 0.05) is 17.8 Å². The van der Waals surface area contributed by atoms with E-state index in [9.17, 15) is 14.9 Å². The highest BCUT2D eigenvalue weighted by atomic mass is 16.6. The molecule has 0 atom stereocenters. The topological polar surface area (TPSA) is 85.9 Å². The Labute approximate surface area is 116 Å². The molecule has 7 nitrogen and oxygen atoms in total. The summed E-state index contributed by atoms with van der Waals surface area (Å²) < 4.78 is 5.24. The maximum atomic E-state index is 11.9. The summed E-state index contributed by atoms with van der Waals surface area (Å²) in [5.74, 6) is -0.0844. The van der Waals surface area contributed by atoms with Gasteiger partial charge in [-0.25, -0.2) is 0 Å². The zero-order valence-corrected chi connectivity index (χ0v) is 11.3. The van der Waals surface area contributed by atoms with Crippen LogP contribution < -0.4 is 10.2 Å². The maximum absolute atomic E-state index is 11.9. The van der Waals surface area contributed by atoms with Crippen molar-refractivity contribution in [3.05, 3.63) is 33.9 Å². The number of rotatable bonds is 4. The Kier molecular flexibility index (Phi) is 4.65. The van der Waals surface area contributed by atoms with Crippen molar-refractivity contribution in [2.75, 3.05) is 38.2 Å². The minimum Gasteiger partial charge on any atom is -0.370 e. The second-order valence-electron chi connectivity index (χ2n) is 4.84. The van der Waals surface area contributed by atoms with Gasteiger partial charge >= 0.3 is 0 Å². The molecule has 108 valence electrons. The number of benzene rings is 1. The number of nitro groups is 1. The molecule has 1 amide bonds. The molecule has 0 aromatic heterocycles. The number of nitrogens with zero attached hydrogens (tertiary/aromatic N) is 1. The zero-order valence-electron chi connectivity index (χ0n) is 11.3. The number of hydrogen-bond donors (Lipinski definition) is 2. The van der Waals surface area contributed by atoms with Crippen molar-refractivity contribution in [3.63, 3.8) is 0 Å². The molecule has 1 fully saturated rings. The van der Waals surface area contributed by atoms with Crippen LogP contribution in [0.1, 0.15) is 5.56 Å². The van der Waals surface area contributed by atoms with E-state index in [1.54, 1.807) is 13.0 Å². The summed E-state index contributed by atoms with van der Waals surface area (Å²) in [6, 6.07) is 4.42. The van der Waals surface area contributed by atoms with Crippen LogP contribution in [0.5, 0.6) is 0 Å². The number of non-ortho nitro benzene ring substituents is 1. The number of carbonyl (C=O) groups is 1. The first-order chi connectivity index (χ1) is 9.56. The van der Waals surface area contributed by atoms with Crippen LogP contribution in [0.4, 0.5) is 11.4 Å². The first kappa shape index (κ1) is 14.4. The molecule has 1 aliphatic rings. The number of hydrogen-bond acceptors (Lipinski definition) is 4. The molecular weight excluding hydrogens is 262 g/mol. The highest BCUT2D eigenvalue weighted by molar-refractivity contribution is 5.92. The fourth-order valence-electron chi connectivity index (χ4n) is 2.16. The molecule has 1 saturated heterocycles. The van der Waals surface area contributed by atoms with Crippen LogP contribution in [0.3, 0.4) is 0 Å². The van der Waals surface area contributed by atoms with Crippen LogP contribution in [-0.2, 0) is 9.53 Å². The van der Waals surface area contributed by atoms with Crippen molar-refractivity contribution in [1.29, 1.82) is 0 Å². The van der Waals surface area contributed by atoms with Crippen molar-refractivity contribution in [2.45, 2.75) is 6.92 Å². The fraction of sp³-hybridized carbons (Fsp3) is 0.462. The molecule has 7 heteroatoms. The van der Waals surface area contributed by atoms with E-state index in [1.165, 1.54) is 17.0 Å². The first-order valence-corrected chi connectivity index (χ1v) is 6.52. The van der Waals surface area contributed by atoms with Crippen molar-refractivity contribution in [1.82, 2.24) is 0 Å². The van der Waals surface area contributed by atoms with Crippen LogP contribution in [0, 0.1) is 17.0 Å². The molecule has 0 bridgehead atoms. The second kappa shape index (κ2) is 6.44. The molecule has 2 N–H and O–H groups in total. The van der Waals surface area contributed by atoms with E-state index in [4.69, 9.17) is 4.74 Å². The van der Waals surface area contributed by atoms with Gasteiger partial charge in [0.05, 0.1) is 18.1 Å². The fourth-order valence-corrected chi connectivity index (χ4v) is 2.16. The van der Waals surface area contributed by atoms with Gasteiger partial charge < -0.3 is 15.0 Å². The molecule has 20 heavy (non-hydrogen) atoms. The van der Waals surface area contributed by atoms with Gasteiger partial charge in [0.1, 0.15) is 13.1 Å². The summed E-state index contributed by atoms with van der Waals surface area (Å²) in [5.41, 5.74) is 1.33. The Balaban J connectivity index is 1.95. The molecule has 2 rings (SSSR count). The zero-order chi connectivity index (χ0) is 14.5. The van der Waals surface area contributed by atoms with E-state index >= 15 is 0 Å². The van der Waals surface area contributed by atoms with Crippen LogP contribution >= 0.6 is 0 Å². The van der Waals surface area contributed by atoms with E-state index in [1.807, 2.05) is 0 Å². The lowest BCUT2D eigenvalue weighted by Crippen LogP contribution is -3.15. The van der Waals surface area contributed by atoms with Gasteiger partial charge in [-0.2, -0.15) is 0 Å². The smallest absolute Gasteiger partial charge is 0.279 e. The van der Waals surface area contributed by atoms with E-state index in [2.05, 4.69) is 5.32 Å². The molecule has 1 aromatic carbocycles. The maximum Gasteiger partial charge on any atom is 0.279 e. The molecule has 0 radical (unpaired) electrons. The van der Waals surface area contributed by atoms with Crippen LogP contribution in [0.2, 0.25) is 0 Å². The summed E-state index contributed by atoms with van der Waals surface area (Å²) in [4.78, 5) is 23.3. The minimum atomic E-state index is -0.448. The van der Waals surface area contributed by atoms with E-state index in [-0.39, 0.29) is 11.6 Å². The predicted molar refractivity (Wildman–Crippen MR) is 72.8 cm³/mol. The molecule has 0 aliphatic carbocycles. The van der Waals surface area contributed by atoms with Crippen molar-refractivity contribution < 1.29 is 19.4 Å². The third-order valence-corrected chi connectivity index (χ3v) is 3.31. The Hall–Kier alpha value is -1.99. The van der Waals surface area contributed by atoms with Gasteiger partial charge in [0.2, 0.25) is 0 Å². The second-order valence-corrected chi connectivity index (χ2v) is 4.84. The Morgan fingerprint density at radius 2 is 2.15 bits per heavy atom. The molecule has 1 aromatic rings. The number of morpholine rings is 1. The first-order valence-electron chi connectivity index (χ1n) is 6.52. The lowest BCUT2D eigenvalue weighted by Gasteiger charge is -2.23. The SMILES string of the molecule is Cc1cc([N+](=O)[O-])ccc1NC(=O)C[NH+]1CCOCC1. The monoisotopic (exact) mass is 280 g/mol. The molecule has 0 spiro atoms. The van der Waals surface area contributed by atoms with Gasteiger partial charge in [0.15, 0.2) is 6.54 Å². The number of nitro benzene ring substituents is 1. The summed E-state index contributed by atoms with van der Waals surface area (Å²) in [5, 5.41) is 13.5. The van der Waals surface area contributed by atoms with Crippen molar-refractivity contribution >= 4 is 17.3 Å². The van der Waals surface area contributed by atoms with E-state index in [0.717, 1.165) is 13.1 Å². The predicted octanol–water partition coefficient (Wildman–Crippen LogP) is -0.243. The lowest BCUT2D eigenvalue weighted by molar-refractivity contribution is -0.899. The Bertz CT molecular complexity index is 512. The highest BCUT2D eigenvalue weighted by Gasteiger charge is 2.18. The molecular formula is C13H18N3O4+. The van der Waals surface area contributed by atoms with Crippen LogP contribution in [-0.4, -0.2) is 43.7 Å². The molecule has 1 heterocycles. The third-order valence-electron chi connectivity index (χ3n) is 3.31. The third kappa shape index (κ3) is 3.75. The summed E-state index contributed by atoms with van der Waals surface area (Å²) in [6.45, 7) is 5.14. The summed E-state index contributed by atoms with van der Waals surface area (Å²) >= 11 is 0. The minimum absolute atomic E-state index is 0.0271. The van der Waals surface area contributed by atoms with Gasteiger partial charge in [-0.15, -0.1) is 0 Å². The number of aryl methyl sites for hydroxylation is 1. The van der Waals surface area contributed by atoms with E-state index in [0.29, 0.717) is 31.0 Å². The molecule has 0 saturated carbocycles. The number of quaternary nitrogens is 1. The molecule has 1 aliphatic heterocycles. The van der Waals surface area contributed by atoms with Crippen molar-refractivity contribution in [3.8, 4) is 0 Å². The Morgan fingerprint density at radius 3 is 2.75 bits per heavy atom. The average Bonchev–Trinajstić information content (AvgIpc) is 2.42. The number of nitrogens with one attached hydrogen (secondary N) is 2. The van der Waals surface area contributed by atoms with Gasteiger partial charge in [0.25, 0.3) is 11.6 Å². The van der Waals surface area contributed by atoms with Crippen LogP contribution in [0.25, 0.3) is 0 Å². The highest BCUT2D eigenvalue weighted by Crippen LogP contribution is 2.20. The van der Waals surface area contributed by atoms with Crippen molar-refractivity contribution in [2.24, 2.45) is 0 Å². The number of amides is 1. The molecule has 0 unspecified atom stereocenters. The normalized spacial score (nSPS) is 15.8. The summed E-state index contributed by atoms with van der Waals surface area (Å²) in [6.07, 6.45) is 0. The largest absolute Gasteiger partial charge is 0.370 e. The quantitative estimate of drug-likeness (QED) is 0.588. The van der Waals surface area contributed by atoms with Gasteiger partial charge in [-0.3, -0.25) is 14.9 Å². The number of carbonyl (C=O) groups excluding carboxylic acids is 1. The van der Waals surface area contributed by atoms with Gasteiger partial charge in [-0.1, -0.05) is 0 Å². The standard InChI is InChI=1S/C13H17N3O4/c1-10-8-11(16(18)19)2-3-12(10)14-13(17)9-15-4-6-20-7-5-15/h2-3,8H,4-7,9H2,1H3,(H,14,17)/p+1. The average molecular weight is 280 g/mol. The van der Waals surface area contributed by atoms with Gasteiger partial charge in [-0.05, 0) is 18.6 Å². The van der Waals surface area contributed by atoms with E-state index < -0.39 is 4.92 Å². The lowest BCUT2D eigenvalue weighted by atomic mass is 10.2. The summed E-state index contributed by atoms with van der Waals surface area (Å²) in [7, 11) is 0. The number of ether oxygens (including phenoxy) is 1. The number of anilines is 1.